The molecule has 32 heavy (non-hydrogen) atoms. The summed E-state index contributed by atoms with van der Waals surface area (Å²) in [6.45, 7) is 10.6. The SMILES string of the molecule is CCNC(=NCc1ccc(COC2CCOCC2)cc1)NCC1(CCOCC)CCCC1. The Hall–Kier alpha value is -1.63. The largest absolute Gasteiger partial charge is 0.382 e. The summed E-state index contributed by atoms with van der Waals surface area (Å²) < 4.78 is 17.1. The van der Waals surface area contributed by atoms with Crippen LogP contribution in [0.1, 0.15) is 69.9 Å². The molecule has 6 nitrogen and oxygen atoms in total. The van der Waals surface area contributed by atoms with Crippen LogP contribution in [0, 0.1) is 5.41 Å². The maximum absolute atomic E-state index is 6.03. The number of hydrogen-bond acceptors (Lipinski definition) is 4. The third-order valence-corrected chi connectivity index (χ3v) is 6.72. The van der Waals surface area contributed by atoms with Crippen LogP contribution in [0.2, 0.25) is 0 Å². The molecule has 0 amide bonds. The van der Waals surface area contributed by atoms with E-state index in [1.54, 1.807) is 0 Å². The van der Waals surface area contributed by atoms with Gasteiger partial charge in [0.1, 0.15) is 0 Å². The minimum atomic E-state index is 0.332. The van der Waals surface area contributed by atoms with E-state index >= 15 is 0 Å². The number of hydrogen-bond donors (Lipinski definition) is 2. The van der Waals surface area contributed by atoms with Gasteiger partial charge >= 0.3 is 0 Å². The molecule has 1 heterocycles. The van der Waals surface area contributed by atoms with Gasteiger partial charge in [-0.2, -0.15) is 0 Å². The van der Waals surface area contributed by atoms with Gasteiger partial charge in [-0.25, -0.2) is 4.99 Å². The van der Waals surface area contributed by atoms with Crippen molar-refractivity contribution in [3.63, 3.8) is 0 Å². The van der Waals surface area contributed by atoms with Crippen molar-refractivity contribution in [2.45, 2.75) is 78.0 Å². The maximum atomic E-state index is 6.03. The third-order valence-electron chi connectivity index (χ3n) is 6.72. The molecule has 6 heteroatoms. The van der Waals surface area contributed by atoms with Crippen LogP contribution in [0.3, 0.4) is 0 Å². The first-order valence-electron chi connectivity index (χ1n) is 12.6. The number of benzene rings is 1. The summed E-state index contributed by atoms with van der Waals surface area (Å²) in [5, 5.41) is 7.03. The van der Waals surface area contributed by atoms with Crippen molar-refractivity contribution in [3.05, 3.63) is 35.4 Å². The Balaban J connectivity index is 1.48. The van der Waals surface area contributed by atoms with Gasteiger partial charge in [-0.1, -0.05) is 37.1 Å². The second-order valence-electron chi connectivity index (χ2n) is 9.14. The van der Waals surface area contributed by atoms with Crippen molar-refractivity contribution in [3.8, 4) is 0 Å². The van der Waals surface area contributed by atoms with Crippen molar-refractivity contribution in [2.75, 3.05) is 39.5 Å². The molecule has 180 valence electrons. The van der Waals surface area contributed by atoms with Crippen LogP contribution < -0.4 is 10.6 Å². The van der Waals surface area contributed by atoms with Gasteiger partial charge in [-0.15, -0.1) is 0 Å². The second-order valence-corrected chi connectivity index (χ2v) is 9.14. The van der Waals surface area contributed by atoms with E-state index in [0.717, 1.165) is 64.7 Å². The molecule has 2 fully saturated rings. The van der Waals surface area contributed by atoms with E-state index in [1.165, 1.54) is 36.8 Å². The monoisotopic (exact) mass is 445 g/mol. The van der Waals surface area contributed by atoms with Crippen LogP contribution in [-0.2, 0) is 27.4 Å². The predicted octanol–water partition coefficient (Wildman–Crippen LogP) is 4.42. The Bertz CT molecular complexity index is 665. The quantitative estimate of drug-likeness (QED) is 0.283. The lowest BCUT2D eigenvalue weighted by Gasteiger charge is -2.30. The molecule has 0 atom stereocenters. The smallest absolute Gasteiger partial charge is 0.191 e. The first kappa shape index (κ1) is 25.0. The summed E-state index contributed by atoms with van der Waals surface area (Å²) in [6, 6.07) is 8.64. The number of rotatable bonds is 12. The molecule has 1 aromatic rings. The Labute approximate surface area is 194 Å². The highest BCUT2D eigenvalue weighted by molar-refractivity contribution is 5.79. The Kier molecular flexibility index (Phi) is 10.8. The second kappa shape index (κ2) is 13.8. The molecule has 2 aliphatic rings. The van der Waals surface area contributed by atoms with Crippen molar-refractivity contribution < 1.29 is 14.2 Å². The molecular weight excluding hydrogens is 402 g/mol. The maximum Gasteiger partial charge on any atom is 0.191 e. The van der Waals surface area contributed by atoms with Gasteiger partial charge in [-0.05, 0) is 62.5 Å². The van der Waals surface area contributed by atoms with Crippen LogP contribution >= 0.6 is 0 Å². The van der Waals surface area contributed by atoms with Crippen LogP contribution in [0.25, 0.3) is 0 Å². The van der Waals surface area contributed by atoms with Gasteiger partial charge in [0.25, 0.3) is 0 Å². The van der Waals surface area contributed by atoms with E-state index in [9.17, 15) is 0 Å². The first-order valence-corrected chi connectivity index (χ1v) is 12.6. The van der Waals surface area contributed by atoms with Gasteiger partial charge in [0, 0.05) is 39.5 Å². The fraction of sp³-hybridized carbons (Fsp3) is 0.731. The Morgan fingerprint density at radius 1 is 1.06 bits per heavy atom. The number of aliphatic imine (C=N–C) groups is 1. The molecule has 0 spiro atoms. The molecule has 1 aromatic carbocycles. The lowest BCUT2D eigenvalue weighted by molar-refractivity contribution is -0.0390. The van der Waals surface area contributed by atoms with Crippen LogP contribution in [0.4, 0.5) is 0 Å². The van der Waals surface area contributed by atoms with Gasteiger partial charge in [-0.3, -0.25) is 0 Å². The molecule has 0 bridgehead atoms. The number of nitrogens with zero attached hydrogens (tertiary/aromatic N) is 1. The number of guanidine groups is 1. The highest BCUT2D eigenvalue weighted by atomic mass is 16.5. The highest BCUT2D eigenvalue weighted by Gasteiger charge is 2.33. The minimum absolute atomic E-state index is 0.332. The van der Waals surface area contributed by atoms with Crippen molar-refractivity contribution in [1.82, 2.24) is 10.6 Å². The lowest BCUT2D eigenvalue weighted by Crippen LogP contribution is -2.43. The molecule has 3 rings (SSSR count). The van der Waals surface area contributed by atoms with Gasteiger partial charge in [0.2, 0.25) is 0 Å². The molecular formula is C26H43N3O3. The first-order chi connectivity index (χ1) is 15.7. The van der Waals surface area contributed by atoms with Crippen LogP contribution in [0.5, 0.6) is 0 Å². The van der Waals surface area contributed by atoms with E-state index in [1.807, 2.05) is 0 Å². The van der Waals surface area contributed by atoms with Crippen molar-refractivity contribution in [1.29, 1.82) is 0 Å². The summed E-state index contributed by atoms with van der Waals surface area (Å²) >= 11 is 0. The lowest BCUT2D eigenvalue weighted by atomic mass is 9.83. The van der Waals surface area contributed by atoms with Gasteiger partial charge < -0.3 is 24.8 Å². The molecule has 0 aromatic heterocycles. The standard InChI is InChI=1S/C26H43N3O3/c1-3-27-25(29-21-26(13-5-6-14-26)15-18-30-4-2)28-19-22-7-9-23(10-8-22)20-32-24-11-16-31-17-12-24/h7-10,24H,3-6,11-21H2,1-2H3,(H2,27,28,29). The van der Waals surface area contributed by atoms with E-state index in [4.69, 9.17) is 19.2 Å². The Morgan fingerprint density at radius 2 is 1.78 bits per heavy atom. The number of nitrogens with one attached hydrogen (secondary N) is 2. The third kappa shape index (κ3) is 8.38. The average molecular weight is 446 g/mol. The fourth-order valence-electron chi connectivity index (χ4n) is 4.65. The van der Waals surface area contributed by atoms with Crippen molar-refractivity contribution >= 4 is 5.96 Å². The molecule has 0 unspecified atom stereocenters. The van der Waals surface area contributed by atoms with E-state index in [2.05, 4.69) is 48.7 Å². The topological polar surface area (TPSA) is 64.1 Å². The molecule has 1 aliphatic carbocycles. The summed E-state index contributed by atoms with van der Waals surface area (Å²) in [7, 11) is 0. The molecule has 2 N–H and O–H groups in total. The summed E-state index contributed by atoms with van der Waals surface area (Å²) in [4.78, 5) is 4.84. The summed E-state index contributed by atoms with van der Waals surface area (Å²) in [5.74, 6) is 0.905. The number of ether oxygens (including phenoxy) is 3. The average Bonchev–Trinajstić information content (AvgIpc) is 3.30. The molecule has 1 aliphatic heterocycles. The zero-order valence-corrected chi connectivity index (χ0v) is 20.2. The molecule has 1 saturated heterocycles. The normalized spacial score (nSPS) is 19.2. The Morgan fingerprint density at radius 3 is 2.47 bits per heavy atom. The fourth-order valence-corrected chi connectivity index (χ4v) is 4.65. The summed E-state index contributed by atoms with van der Waals surface area (Å²) in [5.41, 5.74) is 2.77. The van der Waals surface area contributed by atoms with Crippen molar-refractivity contribution in [2.24, 2.45) is 10.4 Å². The zero-order valence-electron chi connectivity index (χ0n) is 20.2. The van der Waals surface area contributed by atoms with E-state index in [-0.39, 0.29) is 0 Å². The van der Waals surface area contributed by atoms with Gasteiger partial charge in [0.05, 0.1) is 19.3 Å². The molecule has 0 radical (unpaired) electrons. The predicted molar refractivity (Wildman–Crippen MR) is 130 cm³/mol. The minimum Gasteiger partial charge on any atom is -0.382 e. The zero-order chi connectivity index (χ0) is 22.5. The van der Waals surface area contributed by atoms with E-state index < -0.39 is 0 Å². The van der Waals surface area contributed by atoms with Crippen LogP contribution in [-0.4, -0.2) is 51.6 Å². The molecule has 1 saturated carbocycles. The highest BCUT2D eigenvalue weighted by Crippen LogP contribution is 2.40. The van der Waals surface area contributed by atoms with E-state index in [0.29, 0.717) is 24.7 Å². The van der Waals surface area contributed by atoms with Gasteiger partial charge in [0.15, 0.2) is 5.96 Å². The summed E-state index contributed by atoms with van der Waals surface area (Å²) in [6.07, 6.45) is 8.68. The van der Waals surface area contributed by atoms with Crippen LogP contribution in [0.15, 0.2) is 29.3 Å².